The van der Waals surface area contributed by atoms with Gasteiger partial charge in [-0.3, -0.25) is 0 Å². The molecule has 0 aliphatic rings. The fraction of sp³-hybridized carbons (Fsp3) is 0.250. The molecule has 0 amide bonds. The van der Waals surface area contributed by atoms with E-state index in [0.29, 0.717) is 12.2 Å². The second kappa shape index (κ2) is 6.81. The van der Waals surface area contributed by atoms with Gasteiger partial charge < -0.3 is 14.6 Å². The van der Waals surface area contributed by atoms with E-state index in [1.165, 1.54) is 0 Å². The Morgan fingerprint density at radius 3 is 2.47 bits per heavy atom. The van der Waals surface area contributed by atoms with Gasteiger partial charge in [-0.25, -0.2) is 0 Å². The maximum absolute atomic E-state index is 9.93. The van der Waals surface area contributed by atoms with Gasteiger partial charge in [0.1, 0.15) is 18.1 Å². The van der Waals surface area contributed by atoms with E-state index in [-0.39, 0.29) is 6.61 Å². The molecule has 0 aliphatic carbocycles. The monoisotopic (exact) mass is 258 g/mol. The van der Waals surface area contributed by atoms with Crippen LogP contribution in [-0.4, -0.2) is 24.9 Å². The summed E-state index contributed by atoms with van der Waals surface area (Å²) in [6.45, 7) is 0.266. The highest BCUT2D eigenvalue weighted by Gasteiger charge is 2.06. The molecule has 0 aliphatic heterocycles. The molecule has 1 atom stereocenters. The van der Waals surface area contributed by atoms with Crippen LogP contribution >= 0.6 is 0 Å². The molecule has 0 heterocycles. The lowest BCUT2D eigenvalue weighted by molar-refractivity contribution is 0.107. The van der Waals surface area contributed by atoms with E-state index >= 15 is 0 Å². The van der Waals surface area contributed by atoms with Crippen LogP contribution in [0.15, 0.2) is 54.6 Å². The van der Waals surface area contributed by atoms with E-state index in [0.717, 1.165) is 11.3 Å². The van der Waals surface area contributed by atoms with E-state index in [4.69, 9.17) is 9.47 Å². The van der Waals surface area contributed by atoms with Crippen molar-refractivity contribution in [2.24, 2.45) is 0 Å². The predicted octanol–water partition coefficient (Wildman–Crippen LogP) is 2.68. The smallest absolute Gasteiger partial charge is 0.123 e. The number of hydrogen-bond donors (Lipinski definition) is 1. The zero-order chi connectivity index (χ0) is 13.5. The van der Waals surface area contributed by atoms with E-state index in [1.54, 1.807) is 13.2 Å². The van der Waals surface area contributed by atoms with Gasteiger partial charge in [-0.2, -0.15) is 0 Å². The van der Waals surface area contributed by atoms with Crippen LogP contribution in [0.3, 0.4) is 0 Å². The Kier molecular flexibility index (Phi) is 4.81. The van der Waals surface area contributed by atoms with Crippen molar-refractivity contribution in [2.45, 2.75) is 12.5 Å². The van der Waals surface area contributed by atoms with Crippen molar-refractivity contribution in [2.75, 3.05) is 13.7 Å². The molecule has 2 rings (SSSR count). The summed E-state index contributed by atoms with van der Waals surface area (Å²) in [5, 5.41) is 9.93. The molecule has 3 nitrogen and oxygen atoms in total. The van der Waals surface area contributed by atoms with Gasteiger partial charge in [0.05, 0.1) is 13.2 Å². The third-order valence-electron chi connectivity index (χ3n) is 2.80. The molecule has 3 heteroatoms. The first-order chi connectivity index (χ1) is 9.28. The largest absolute Gasteiger partial charge is 0.497 e. The molecular weight excluding hydrogens is 240 g/mol. The number of benzene rings is 2. The molecule has 19 heavy (non-hydrogen) atoms. The molecule has 1 N–H and O–H groups in total. The van der Waals surface area contributed by atoms with Gasteiger partial charge in [0.2, 0.25) is 0 Å². The lowest BCUT2D eigenvalue weighted by Crippen LogP contribution is -2.20. The lowest BCUT2D eigenvalue weighted by atomic mass is 10.1. The average molecular weight is 258 g/mol. The van der Waals surface area contributed by atoms with Gasteiger partial charge in [-0.15, -0.1) is 0 Å². The first-order valence-corrected chi connectivity index (χ1v) is 6.27. The topological polar surface area (TPSA) is 38.7 Å². The quantitative estimate of drug-likeness (QED) is 0.865. The minimum atomic E-state index is -0.520. The fourth-order valence-electron chi connectivity index (χ4n) is 1.83. The van der Waals surface area contributed by atoms with Crippen LogP contribution in [-0.2, 0) is 6.42 Å². The maximum Gasteiger partial charge on any atom is 0.123 e. The molecule has 0 fully saturated rings. The van der Waals surface area contributed by atoms with Gasteiger partial charge in [0, 0.05) is 12.5 Å². The van der Waals surface area contributed by atoms with Gasteiger partial charge in [-0.05, 0) is 17.7 Å². The summed E-state index contributed by atoms with van der Waals surface area (Å²) in [6, 6.07) is 17.2. The zero-order valence-electron chi connectivity index (χ0n) is 11.0. The lowest BCUT2D eigenvalue weighted by Gasteiger charge is -2.13. The molecule has 0 spiro atoms. The molecule has 0 radical (unpaired) electrons. The van der Waals surface area contributed by atoms with Crippen molar-refractivity contribution in [1.29, 1.82) is 0 Å². The van der Waals surface area contributed by atoms with Gasteiger partial charge in [-0.1, -0.05) is 36.4 Å². The second-order valence-corrected chi connectivity index (χ2v) is 4.33. The van der Waals surface area contributed by atoms with Crippen LogP contribution in [0.4, 0.5) is 0 Å². The summed E-state index contributed by atoms with van der Waals surface area (Å²) in [5.41, 5.74) is 1.10. The Bertz CT molecular complexity index is 496. The molecule has 2 aromatic rings. The number of aliphatic hydroxyl groups is 1. The number of methoxy groups -OCH3 is 1. The number of rotatable bonds is 6. The van der Waals surface area contributed by atoms with Gasteiger partial charge in [0.15, 0.2) is 0 Å². The second-order valence-electron chi connectivity index (χ2n) is 4.33. The number of hydrogen-bond acceptors (Lipinski definition) is 3. The Hall–Kier alpha value is -2.00. The van der Waals surface area contributed by atoms with Crippen LogP contribution in [0.2, 0.25) is 0 Å². The van der Waals surface area contributed by atoms with Crippen LogP contribution in [0, 0.1) is 0 Å². The van der Waals surface area contributed by atoms with Crippen LogP contribution in [0.1, 0.15) is 5.56 Å². The molecule has 0 saturated carbocycles. The normalized spacial score (nSPS) is 11.9. The summed E-state index contributed by atoms with van der Waals surface area (Å²) >= 11 is 0. The number of aliphatic hydroxyl groups excluding tert-OH is 1. The number of ether oxygens (including phenoxy) is 2. The Balaban J connectivity index is 1.84. The van der Waals surface area contributed by atoms with Crippen LogP contribution in [0.5, 0.6) is 11.5 Å². The zero-order valence-corrected chi connectivity index (χ0v) is 11.0. The van der Waals surface area contributed by atoms with Crippen molar-refractivity contribution in [1.82, 2.24) is 0 Å². The van der Waals surface area contributed by atoms with Gasteiger partial charge >= 0.3 is 0 Å². The van der Waals surface area contributed by atoms with E-state index < -0.39 is 6.10 Å². The minimum Gasteiger partial charge on any atom is -0.497 e. The van der Waals surface area contributed by atoms with E-state index in [9.17, 15) is 5.11 Å². The average Bonchev–Trinajstić information content (AvgIpc) is 2.46. The molecule has 1 unspecified atom stereocenters. The van der Waals surface area contributed by atoms with Crippen molar-refractivity contribution in [3.05, 3.63) is 60.2 Å². The maximum atomic E-state index is 9.93. The Morgan fingerprint density at radius 1 is 1.00 bits per heavy atom. The van der Waals surface area contributed by atoms with Crippen LogP contribution in [0.25, 0.3) is 0 Å². The predicted molar refractivity (Wildman–Crippen MR) is 74.6 cm³/mol. The van der Waals surface area contributed by atoms with E-state index in [1.807, 2.05) is 48.5 Å². The molecular formula is C16H18O3. The first-order valence-electron chi connectivity index (χ1n) is 6.27. The fourth-order valence-corrected chi connectivity index (χ4v) is 1.83. The van der Waals surface area contributed by atoms with Gasteiger partial charge in [0.25, 0.3) is 0 Å². The van der Waals surface area contributed by atoms with Crippen molar-refractivity contribution in [3.8, 4) is 11.5 Å². The summed E-state index contributed by atoms with van der Waals surface area (Å²) in [4.78, 5) is 0. The first kappa shape index (κ1) is 13.4. The summed E-state index contributed by atoms with van der Waals surface area (Å²) < 4.78 is 10.7. The highest BCUT2D eigenvalue weighted by Crippen LogP contribution is 2.19. The van der Waals surface area contributed by atoms with Crippen molar-refractivity contribution >= 4 is 0 Å². The molecule has 100 valence electrons. The molecule has 0 saturated heterocycles. The molecule has 0 bridgehead atoms. The van der Waals surface area contributed by atoms with Crippen LogP contribution < -0.4 is 9.47 Å². The highest BCUT2D eigenvalue weighted by atomic mass is 16.5. The Morgan fingerprint density at radius 2 is 1.74 bits per heavy atom. The summed E-state index contributed by atoms with van der Waals surface area (Å²) in [6.07, 6.45) is 0.0683. The minimum absolute atomic E-state index is 0.266. The SMILES string of the molecule is COc1cccc(OCC(O)Cc2ccccc2)c1. The van der Waals surface area contributed by atoms with Crippen molar-refractivity contribution < 1.29 is 14.6 Å². The molecule has 2 aromatic carbocycles. The summed E-state index contributed by atoms with van der Waals surface area (Å²) in [5.74, 6) is 1.45. The highest BCUT2D eigenvalue weighted by molar-refractivity contribution is 5.32. The standard InChI is InChI=1S/C16H18O3/c1-18-15-8-5-9-16(11-15)19-12-14(17)10-13-6-3-2-4-7-13/h2-9,11,14,17H,10,12H2,1H3. The third kappa shape index (κ3) is 4.30. The Labute approximate surface area is 113 Å². The summed E-state index contributed by atoms with van der Waals surface area (Å²) in [7, 11) is 1.61. The third-order valence-corrected chi connectivity index (χ3v) is 2.80. The molecule has 0 aromatic heterocycles. The van der Waals surface area contributed by atoms with Crippen molar-refractivity contribution in [3.63, 3.8) is 0 Å². The van der Waals surface area contributed by atoms with E-state index in [2.05, 4.69) is 0 Å².